The third-order valence-corrected chi connectivity index (χ3v) is 1.92. The van der Waals surface area contributed by atoms with Gasteiger partial charge >= 0.3 is 0 Å². The summed E-state index contributed by atoms with van der Waals surface area (Å²) in [5.74, 6) is 0.326. The summed E-state index contributed by atoms with van der Waals surface area (Å²) in [4.78, 5) is 13.3. The van der Waals surface area contributed by atoms with Crippen molar-refractivity contribution in [2.45, 2.75) is 18.9 Å². The van der Waals surface area contributed by atoms with Gasteiger partial charge in [-0.1, -0.05) is 0 Å². The number of hydrogen-bond acceptors (Lipinski definition) is 3. The molecule has 1 saturated heterocycles. The molecule has 0 amide bonds. The summed E-state index contributed by atoms with van der Waals surface area (Å²) in [6, 6.07) is 0.136. The van der Waals surface area contributed by atoms with E-state index < -0.39 is 0 Å². The highest BCUT2D eigenvalue weighted by Gasteiger charge is 2.21. The molecule has 11 heavy (non-hydrogen) atoms. The standard InChI is InChI=1S/C8H16N2O/c1-10(2)6-8(11)7-4-3-5-9-7/h7,9H,3-6H2,1-2H3. The highest BCUT2D eigenvalue weighted by Crippen LogP contribution is 2.05. The lowest BCUT2D eigenvalue weighted by Gasteiger charge is -2.12. The van der Waals surface area contributed by atoms with Crippen molar-refractivity contribution in [3.05, 3.63) is 0 Å². The number of hydrogen-bond donors (Lipinski definition) is 1. The summed E-state index contributed by atoms with van der Waals surface area (Å²) in [6.07, 6.45) is 2.16. The monoisotopic (exact) mass is 156 g/mol. The number of ketones is 1. The second kappa shape index (κ2) is 3.83. The van der Waals surface area contributed by atoms with Crippen molar-refractivity contribution in [2.75, 3.05) is 27.2 Å². The zero-order chi connectivity index (χ0) is 8.27. The summed E-state index contributed by atoms with van der Waals surface area (Å²) in [7, 11) is 3.85. The highest BCUT2D eigenvalue weighted by molar-refractivity contribution is 5.86. The first-order valence-electron chi connectivity index (χ1n) is 4.11. The Balaban J connectivity index is 2.28. The molecule has 1 rings (SSSR count). The molecule has 0 bridgehead atoms. The van der Waals surface area contributed by atoms with Gasteiger partial charge in [-0.3, -0.25) is 4.79 Å². The van der Waals surface area contributed by atoms with Gasteiger partial charge in [-0.2, -0.15) is 0 Å². The van der Waals surface area contributed by atoms with E-state index in [4.69, 9.17) is 0 Å². The molecule has 0 aliphatic carbocycles. The fourth-order valence-corrected chi connectivity index (χ4v) is 1.38. The van der Waals surface area contributed by atoms with Crippen molar-refractivity contribution in [2.24, 2.45) is 0 Å². The first kappa shape index (κ1) is 8.68. The van der Waals surface area contributed by atoms with E-state index in [1.54, 1.807) is 0 Å². The maximum atomic E-state index is 11.4. The van der Waals surface area contributed by atoms with Crippen LogP contribution < -0.4 is 5.32 Å². The fraction of sp³-hybridized carbons (Fsp3) is 0.875. The van der Waals surface area contributed by atoms with Gasteiger partial charge < -0.3 is 10.2 Å². The van der Waals surface area contributed by atoms with Crippen LogP contribution in [0.1, 0.15) is 12.8 Å². The Morgan fingerprint density at radius 1 is 1.64 bits per heavy atom. The third kappa shape index (κ3) is 2.60. The minimum absolute atomic E-state index is 0.136. The maximum Gasteiger partial charge on any atom is 0.163 e. The summed E-state index contributed by atoms with van der Waals surface area (Å²) in [5, 5.41) is 3.19. The van der Waals surface area contributed by atoms with E-state index in [1.165, 1.54) is 0 Å². The number of nitrogens with zero attached hydrogens (tertiary/aromatic N) is 1. The first-order valence-corrected chi connectivity index (χ1v) is 4.11. The van der Waals surface area contributed by atoms with Crippen LogP contribution in [0.2, 0.25) is 0 Å². The number of nitrogens with one attached hydrogen (secondary N) is 1. The van der Waals surface area contributed by atoms with Gasteiger partial charge in [0.25, 0.3) is 0 Å². The van der Waals surface area contributed by atoms with Gasteiger partial charge in [0, 0.05) is 0 Å². The first-order chi connectivity index (χ1) is 5.20. The van der Waals surface area contributed by atoms with Crippen LogP contribution in [-0.2, 0) is 4.79 Å². The summed E-state index contributed by atoms with van der Waals surface area (Å²) in [5.41, 5.74) is 0. The van der Waals surface area contributed by atoms with Crippen molar-refractivity contribution in [3.8, 4) is 0 Å². The smallest absolute Gasteiger partial charge is 0.163 e. The van der Waals surface area contributed by atoms with Crippen molar-refractivity contribution in [1.29, 1.82) is 0 Å². The Kier molecular flexibility index (Phi) is 3.02. The SMILES string of the molecule is CN(C)CC(=O)C1CCCN1. The van der Waals surface area contributed by atoms with E-state index in [9.17, 15) is 4.79 Å². The molecule has 64 valence electrons. The van der Waals surface area contributed by atoms with Crippen molar-refractivity contribution >= 4 is 5.78 Å². The molecule has 0 radical (unpaired) electrons. The second-order valence-electron chi connectivity index (χ2n) is 3.35. The molecule has 1 unspecified atom stereocenters. The lowest BCUT2D eigenvalue weighted by molar-refractivity contribution is -0.121. The van der Waals surface area contributed by atoms with Crippen LogP contribution in [0.15, 0.2) is 0 Å². The minimum Gasteiger partial charge on any atom is -0.307 e. The summed E-state index contributed by atoms with van der Waals surface area (Å²) < 4.78 is 0. The molecule has 0 aromatic rings. The highest BCUT2D eigenvalue weighted by atomic mass is 16.1. The van der Waals surface area contributed by atoms with E-state index in [2.05, 4.69) is 5.32 Å². The fourth-order valence-electron chi connectivity index (χ4n) is 1.38. The van der Waals surface area contributed by atoms with E-state index in [0.717, 1.165) is 19.4 Å². The average Bonchev–Trinajstić information content (AvgIpc) is 2.35. The quantitative estimate of drug-likeness (QED) is 0.617. The Labute approximate surface area is 67.8 Å². The lowest BCUT2D eigenvalue weighted by atomic mass is 10.1. The van der Waals surface area contributed by atoms with Crippen molar-refractivity contribution in [1.82, 2.24) is 10.2 Å². The van der Waals surface area contributed by atoms with Crippen LogP contribution in [-0.4, -0.2) is 43.9 Å². The molecule has 1 aliphatic heterocycles. The van der Waals surface area contributed by atoms with Gasteiger partial charge in [0.1, 0.15) is 0 Å². The molecule has 1 atom stereocenters. The predicted molar refractivity (Wildman–Crippen MR) is 44.6 cm³/mol. The van der Waals surface area contributed by atoms with Gasteiger partial charge in [-0.15, -0.1) is 0 Å². The largest absolute Gasteiger partial charge is 0.307 e. The molecule has 3 heteroatoms. The van der Waals surface area contributed by atoms with Gasteiger partial charge in [-0.05, 0) is 33.5 Å². The van der Waals surface area contributed by atoms with E-state index >= 15 is 0 Å². The number of Topliss-reactive ketones (excluding diaryl/α,β-unsaturated/α-hetero) is 1. The van der Waals surface area contributed by atoms with Crippen LogP contribution in [0.5, 0.6) is 0 Å². The minimum atomic E-state index is 0.136. The van der Waals surface area contributed by atoms with Crippen LogP contribution in [0, 0.1) is 0 Å². The Morgan fingerprint density at radius 3 is 2.82 bits per heavy atom. The molecular weight excluding hydrogens is 140 g/mol. The maximum absolute atomic E-state index is 11.4. The van der Waals surface area contributed by atoms with E-state index in [0.29, 0.717) is 12.3 Å². The van der Waals surface area contributed by atoms with Crippen LogP contribution in [0.4, 0.5) is 0 Å². The second-order valence-corrected chi connectivity index (χ2v) is 3.35. The zero-order valence-electron chi connectivity index (χ0n) is 7.26. The molecule has 1 aliphatic rings. The normalized spacial score (nSPS) is 24.5. The number of carbonyl (C=O) groups excluding carboxylic acids is 1. The Hall–Kier alpha value is -0.410. The molecule has 0 saturated carbocycles. The van der Waals surface area contributed by atoms with Crippen LogP contribution in [0.3, 0.4) is 0 Å². The Bertz CT molecular complexity index is 139. The van der Waals surface area contributed by atoms with Gasteiger partial charge in [0.2, 0.25) is 0 Å². The lowest BCUT2D eigenvalue weighted by Crippen LogP contribution is -2.37. The number of likely N-dealkylation sites (N-methyl/N-ethyl adjacent to an activating group) is 1. The van der Waals surface area contributed by atoms with Gasteiger partial charge in [0.15, 0.2) is 5.78 Å². The Morgan fingerprint density at radius 2 is 2.36 bits per heavy atom. The van der Waals surface area contributed by atoms with Crippen molar-refractivity contribution in [3.63, 3.8) is 0 Å². The molecule has 1 fully saturated rings. The summed E-state index contributed by atoms with van der Waals surface area (Å²) in [6.45, 7) is 1.57. The molecular formula is C8H16N2O. The van der Waals surface area contributed by atoms with Crippen LogP contribution >= 0.6 is 0 Å². The van der Waals surface area contributed by atoms with Crippen LogP contribution in [0.25, 0.3) is 0 Å². The third-order valence-electron chi connectivity index (χ3n) is 1.92. The number of carbonyl (C=O) groups is 1. The van der Waals surface area contributed by atoms with Gasteiger partial charge in [0.05, 0.1) is 12.6 Å². The van der Waals surface area contributed by atoms with Crippen molar-refractivity contribution < 1.29 is 4.79 Å². The average molecular weight is 156 g/mol. The molecule has 0 spiro atoms. The van der Waals surface area contributed by atoms with Gasteiger partial charge in [-0.25, -0.2) is 0 Å². The molecule has 0 aromatic heterocycles. The topological polar surface area (TPSA) is 32.3 Å². The molecule has 1 heterocycles. The van der Waals surface area contributed by atoms with E-state index in [1.807, 2.05) is 19.0 Å². The van der Waals surface area contributed by atoms with E-state index in [-0.39, 0.29) is 6.04 Å². The zero-order valence-corrected chi connectivity index (χ0v) is 7.26. The molecule has 3 nitrogen and oxygen atoms in total. The molecule has 1 N–H and O–H groups in total. The predicted octanol–water partition coefficient (Wildman–Crippen LogP) is -0.131. The summed E-state index contributed by atoms with van der Waals surface area (Å²) >= 11 is 0. The number of rotatable bonds is 3. The molecule has 0 aromatic carbocycles.